The van der Waals surface area contributed by atoms with Crippen molar-refractivity contribution in [2.24, 2.45) is 0 Å². The Morgan fingerprint density at radius 3 is 2.52 bits per heavy atom. The highest BCUT2D eigenvalue weighted by Crippen LogP contribution is 2.29. The highest BCUT2D eigenvalue weighted by molar-refractivity contribution is 7.92. The first-order valence-corrected chi connectivity index (χ1v) is 11.3. The highest BCUT2D eigenvalue weighted by atomic mass is 32.2. The Morgan fingerprint density at radius 1 is 1.30 bits per heavy atom. The minimum absolute atomic E-state index is 0.148. The SMILES string of the molecule is Cc1ccc(C(CNC(=O)C2(S(C)(=O)=O)CCNCC2)N2CCOCC2)o1. The smallest absolute Gasteiger partial charge is 0.241 e. The molecule has 0 saturated carbocycles. The molecule has 1 aromatic heterocycles. The molecule has 1 aromatic rings. The van der Waals surface area contributed by atoms with E-state index in [4.69, 9.17) is 9.15 Å². The second-order valence-corrected chi connectivity index (χ2v) is 9.66. The number of rotatable bonds is 6. The summed E-state index contributed by atoms with van der Waals surface area (Å²) in [4.78, 5) is 15.2. The van der Waals surface area contributed by atoms with Gasteiger partial charge < -0.3 is 19.8 Å². The summed E-state index contributed by atoms with van der Waals surface area (Å²) in [5.41, 5.74) is 0. The van der Waals surface area contributed by atoms with Crippen molar-refractivity contribution >= 4 is 15.7 Å². The molecule has 3 heterocycles. The zero-order chi connectivity index (χ0) is 19.5. The lowest BCUT2D eigenvalue weighted by Gasteiger charge is -2.36. The van der Waals surface area contributed by atoms with Crippen molar-refractivity contribution < 1.29 is 22.4 Å². The zero-order valence-corrected chi connectivity index (χ0v) is 16.8. The van der Waals surface area contributed by atoms with Gasteiger partial charge in [0.1, 0.15) is 11.5 Å². The van der Waals surface area contributed by atoms with Crippen LogP contribution < -0.4 is 10.6 Å². The number of ether oxygens (including phenoxy) is 1. The first kappa shape index (κ1) is 20.3. The Balaban J connectivity index is 1.76. The Hall–Kier alpha value is -1.42. The van der Waals surface area contributed by atoms with E-state index in [1.165, 1.54) is 0 Å². The van der Waals surface area contributed by atoms with Crippen molar-refractivity contribution in [3.63, 3.8) is 0 Å². The molecular weight excluding hydrogens is 370 g/mol. The lowest BCUT2D eigenvalue weighted by atomic mass is 9.95. The van der Waals surface area contributed by atoms with Crippen molar-refractivity contribution in [2.75, 3.05) is 52.2 Å². The van der Waals surface area contributed by atoms with Gasteiger partial charge in [0, 0.05) is 25.9 Å². The Morgan fingerprint density at radius 2 is 1.96 bits per heavy atom. The lowest BCUT2D eigenvalue weighted by molar-refractivity contribution is -0.124. The van der Waals surface area contributed by atoms with Crippen molar-refractivity contribution in [2.45, 2.75) is 30.6 Å². The number of nitrogens with one attached hydrogen (secondary N) is 2. The second-order valence-electron chi connectivity index (χ2n) is 7.34. The maximum Gasteiger partial charge on any atom is 0.241 e. The average Bonchev–Trinajstić information content (AvgIpc) is 3.08. The fraction of sp³-hybridized carbons (Fsp3) is 0.722. The molecule has 0 spiro atoms. The average molecular weight is 400 g/mol. The van der Waals surface area contributed by atoms with E-state index in [1.54, 1.807) is 0 Å². The van der Waals surface area contributed by atoms with Crippen LogP contribution in [-0.4, -0.2) is 76.2 Å². The number of piperidine rings is 1. The molecule has 9 heteroatoms. The van der Waals surface area contributed by atoms with E-state index >= 15 is 0 Å². The maximum absolute atomic E-state index is 13.0. The van der Waals surface area contributed by atoms with E-state index < -0.39 is 20.5 Å². The van der Waals surface area contributed by atoms with Crippen molar-refractivity contribution in [1.82, 2.24) is 15.5 Å². The molecule has 2 aliphatic rings. The Kier molecular flexibility index (Phi) is 6.25. The third-order valence-corrected chi connectivity index (χ3v) is 7.58. The summed E-state index contributed by atoms with van der Waals surface area (Å²) in [7, 11) is -3.53. The molecule has 0 aliphatic carbocycles. The molecule has 2 N–H and O–H groups in total. The number of carbonyl (C=O) groups is 1. The molecule has 0 radical (unpaired) electrons. The van der Waals surface area contributed by atoms with Crippen LogP contribution >= 0.6 is 0 Å². The molecule has 2 aliphatic heterocycles. The van der Waals surface area contributed by atoms with Crippen molar-refractivity contribution in [3.05, 3.63) is 23.7 Å². The number of aryl methyl sites for hydroxylation is 1. The molecule has 1 amide bonds. The molecule has 2 saturated heterocycles. The number of nitrogens with zero attached hydrogens (tertiary/aromatic N) is 1. The van der Waals surface area contributed by atoms with E-state index in [0.717, 1.165) is 30.9 Å². The van der Waals surface area contributed by atoms with Crippen LogP contribution in [0.15, 0.2) is 16.5 Å². The van der Waals surface area contributed by atoms with E-state index in [-0.39, 0.29) is 6.04 Å². The van der Waals surface area contributed by atoms with Gasteiger partial charge in [0.15, 0.2) is 14.6 Å². The second kappa shape index (κ2) is 8.30. The molecule has 8 nitrogen and oxygen atoms in total. The quantitative estimate of drug-likeness (QED) is 0.707. The summed E-state index contributed by atoms with van der Waals surface area (Å²) < 4.78 is 34.7. The van der Waals surface area contributed by atoms with Gasteiger partial charge in [0.2, 0.25) is 5.91 Å². The summed E-state index contributed by atoms with van der Waals surface area (Å²) in [6, 6.07) is 3.67. The molecule has 0 aromatic carbocycles. The van der Waals surface area contributed by atoms with Gasteiger partial charge >= 0.3 is 0 Å². The van der Waals surface area contributed by atoms with Gasteiger partial charge in [-0.25, -0.2) is 8.42 Å². The normalized spacial score (nSPS) is 22.3. The van der Waals surface area contributed by atoms with Crippen LogP contribution in [0.4, 0.5) is 0 Å². The Labute approximate surface area is 160 Å². The molecule has 0 bridgehead atoms. The van der Waals surface area contributed by atoms with E-state index in [9.17, 15) is 13.2 Å². The minimum atomic E-state index is -3.53. The summed E-state index contributed by atoms with van der Waals surface area (Å²) in [5, 5.41) is 6.05. The number of hydrogen-bond donors (Lipinski definition) is 2. The number of amides is 1. The number of furan rings is 1. The van der Waals surface area contributed by atoms with Crippen molar-refractivity contribution in [1.29, 1.82) is 0 Å². The third-order valence-electron chi connectivity index (χ3n) is 5.57. The topological polar surface area (TPSA) is 101 Å². The number of carbonyl (C=O) groups excluding carboxylic acids is 1. The fourth-order valence-corrected chi connectivity index (χ4v) is 5.23. The number of hydrogen-bond acceptors (Lipinski definition) is 7. The number of sulfone groups is 1. The van der Waals surface area contributed by atoms with E-state index in [1.807, 2.05) is 19.1 Å². The van der Waals surface area contributed by atoms with Crippen LogP contribution in [0.3, 0.4) is 0 Å². The largest absolute Gasteiger partial charge is 0.465 e. The zero-order valence-electron chi connectivity index (χ0n) is 16.0. The maximum atomic E-state index is 13.0. The van der Waals surface area contributed by atoms with Gasteiger partial charge in [-0.1, -0.05) is 0 Å². The highest BCUT2D eigenvalue weighted by Gasteiger charge is 2.48. The van der Waals surface area contributed by atoms with Gasteiger partial charge in [-0.05, 0) is 45.0 Å². The monoisotopic (exact) mass is 399 g/mol. The summed E-state index contributed by atoms with van der Waals surface area (Å²) in [6.45, 7) is 5.95. The third kappa shape index (κ3) is 4.37. The molecule has 1 unspecified atom stereocenters. The molecular formula is C18H29N3O5S. The van der Waals surface area contributed by atoms with Gasteiger partial charge in [-0.2, -0.15) is 0 Å². The first-order chi connectivity index (χ1) is 12.8. The van der Waals surface area contributed by atoms with Gasteiger partial charge in [-0.15, -0.1) is 0 Å². The summed E-state index contributed by atoms with van der Waals surface area (Å²) in [6.07, 6.45) is 1.74. The van der Waals surface area contributed by atoms with Crippen LogP contribution in [0.25, 0.3) is 0 Å². The molecule has 152 valence electrons. The van der Waals surface area contributed by atoms with Crippen LogP contribution in [0.2, 0.25) is 0 Å². The van der Waals surface area contributed by atoms with Gasteiger partial charge in [0.25, 0.3) is 0 Å². The van der Waals surface area contributed by atoms with Crippen LogP contribution in [-0.2, 0) is 19.4 Å². The number of morpholine rings is 1. The standard InChI is InChI=1S/C18H29N3O5S/c1-14-3-4-16(26-14)15(21-9-11-25-12-10-21)13-20-17(22)18(27(2,23)24)5-7-19-8-6-18/h3-4,15,19H,5-13H2,1-2H3,(H,20,22). The molecule has 3 rings (SSSR count). The van der Waals surface area contributed by atoms with Crippen LogP contribution in [0.1, 0.15) is 30.4 Å². The fourth-order valence-electron chi connectivity index (χ4n) is 3.88. The predicted molar refractivity (Wildman–Crippen MR) is 101 cm³/mol. The van der Waals surface area contributed by atoms with Gasteiger partial charge in [-0.3, -0.25) is 9.69 Å². The Bertz CT molecular complexity index is 749. The lowest BCUT2D eigenvalue weighted by Crippen LogP contribution is -2.58. The minimum Gasteiger partial charge on any atom is -0.465 e. The molecule has 2 fully saturated rings. The van der Waals surface area contributed by atoms with Gasteiger partial charge in [0.05, 0.1) is 19.3 Å². The molecule has 1 atom stereocenters. The predicted octanol–water partition coefficient (Wildman–Crippen LogP) is 0.244. The summed E-state index contributed by atoms with van der Waals surface area (Å²) >= 11 is 0. The van der Waals surface area contributed by atoms with E-state index in [0.29, 0.717) is 45.7 Å². The first-order valence-electron chi connectivity index (χ1n) is 9.40. The van der Waals surface area contributed by atoms with Crippen molar-refractivity contribution in [3.8, 4) is 0 Å². The van der Waals surface area contributed by atoms with E-state index in [2.05, 4.69) is 15.5 Å². The van der Waals surface area contributed by atoms with Crippen LogP contribution in [0, 0.1) is 6.92 Å². The summed E-state index contributed by atoms with van der Waals surface area (Å²) in [5.74, 6) is 1.17. The van der Waals surface area contributed by atoms with Crippen LogP contribution in [0.5, 0.6) is 0 Å². The molecule has 27 heavy (non-hydrogen) atoms.